The lowest BCUT2D eigenvalue weighted by Gasteiger charge is -2.37. The summed E-state index contributed by atoms with van der Waals surface area (Å²) in [5.74, 6) is 0.525. The molecule has 2 fully saturated rings. The third-order valence-corrected chi connectivity index (χ3v) is 3.47. The first-order valence-electron chi connectivity index (χ1n) is 5.58. The van der Waals surface area contributed by atoms with Crippen LogP contribution in [0.5, 0.6) is 0 Å². The van der Waals surface area contributed by atoms with Crippen molar-refractivity contribution in [3.8, 4) is 0 Å². The second-order valence-electron chi connectivity index (χ2n) is 4.51. The highest BCUT2D eigenvalue weighted by Crippen LogP contribution is 2.24. The normalized spacial score (nSPS) is 29.3. The molecule has 1 saturated carbocycles. The van der Waals surface area contributed by atoms with E-state index in [1.54, 1.807) is 0 Å². The number of ketones is 1. The Bertz CT molecular complexity index is 213. The van der Waals surface area contributed by atoms with E-state index in [1.807, 2.05) is 0 Å². The van der Waals surface area contributed by atoms with Crippen LogP contribution in [0, 0.1) is 5.92 Å². The van der Waals surface area contributed by atoms with Crippen molar-refractivity contribution in [2.24, 2.45) is 5.92 Å². The maximum Gasteiger partial charge on any atom is 0.141 e. The highest BCUT2D eigenvalue weighted by Gasteiger charge is 2.28. The first-order valence-corrected chi connectivity index (χ1v) is 5.58. The van der Waals surface area contributed by atoms with E-state index >= 15 is 0 Å². The first-order chi connectivity index (χ1) is 6.77. The molecule has 80 valence electrons. The van der Waals surface area contributed by atoms with Gasteiger partial charge in [0.2, 0.25) is 0 Å². The first kappa shape index (κ1) is 10.1. The van der Waals surface area contributed by atoms with Crippen LogP contribution in [-0.4, -0.2) is 43.5 Å². The quantitative estimate of drug-likeness (QED) is 0.678. The fraction of sp³-hybridized carbons (Fsp3) is 0.909. The molecule has 1 aliphatic carbocycles. The summed E-state index contributed by atoms with van der Waals surface area (Å²) >= 11 is 0. The average molecular weight is 197 g/mol. The number of hydrogen-bond donors (Lipinski definition) is 0. The Kier molecular flexibility index (Phi) is 3.19. The van der Waals surface area contributed by atoms with Gasteiger partial charge in [-0.25, -0.2) is 0 Å². The molecule has 0 aromatic rings. The van der Waals surface area contributed by atoms with Gasteiger partial charge < -0.3 is 9.64 Å². The van der Waals surface area contributed by atoms with Crippen molar-refractivity contribution >= 4 is 5.78 Å². The zero-order valence-electron chi connectivity index (χ0n) is 8.87. The summed E-state index contributed by atoms with van der Waals surface area (Å²) in [4.78, 5) is 13.9. The minimum Gasteiger partial charge on any atom is -0.380 e. The SMILES string of the molecule is CN(CC1COCCC1=O)C1CCC1. The van der Waals surface area contributed by atoms with Gasteiger partial charge in [-0.3, -0.25) is 4.79 Å². The molecule has 2 rings (SSSR count). The number of rotatable bonds is 3. The van der Waals surface area contributed by atoms with Crippen LogP contribution in [0.15, 0.2) is 0 Å². The zero-order valence-corrected chi connectivity index (χ0v) is 8.87. The fourth-order valence-corrected chi connectivity index (χ4v) is 2.17. The van der Waals surface area contributed by atoms with E-state index in [0.717, 1.165) is 12.6 Å². The van der Waals surface area contributed by atoms with Crippen molar-refractivity contribution in [3.63, 3.8) is 0 Å². The molecule has 1 unspecified atom stereocenters. The maximum atomic E-state index is 11.6. The van der Waals surface area contributed by atoms with E-state index < -0.39 is 0 Å². The summed E-state index contributed by atoms with van der Waals surface area (Å²) in [6.45, 7) is 2.15. The van der Waals surface area contributed by atoms with Crippen LogP contribution in [0.3, 0.4) is 0 Å². The Labute approximate surface area is 85.4 Å². The second-order valence-corrected chi connectivity index (χ2v) is 4.51. The van der Waals surface area contributed by atoms with Crippen molar-refractivity contribution < 1.29 is 9.53 Å². The van der Waals surface area contributed by atoms with Crippen molar-refractivity contribution in [3.05, 3.63) is 0 Å². The second kappa shape index (κ2) is 4.41. The standard InChI is InChI=1S/C11H19NO2/c1-12(10-3-2-4-10)7-9-8-14-6-5-11(9)13/h9-10H,2-8H2,1H3. The van der Waals surface area contributed by atoms with Crippen molar-refractivity contribution in [2.45, 2.75) is 31.7 Å². The molecule has 1 heterocycles. The maximum absolute atomic E-state index is 11.6. The average Bonchev–Trinajstić information content (AvgIpc) is 2.05. The number of nitrogens with zero attached hydrogens (tertiary/aromatic N) is 1. The Balaban J connectivity index is 1.79. The number of carbonyl (C=O) groups is 1. The smallest absolute Gasteiger partial charge is 0.141 e. The van der Waals surface area contributed by atoms with Gasteiger partial charge >= 0.3 is 0 Å². The molecule has 0 N–H and O–H groups in total. The molecule has 1 aliphatic heterocycles. The Morgan fingerprint density at radius 3 is 2.86 bits per heavy atom. The van der Waals surface area contributed by atoms with Crippen molar-refractivity contribution in [2.75, 3.05) is 26.8 Å². The molecular formula is C11H19NO2. The lowest BCUT2D eigenvalue weighted by atomic mass is 9.90. The lowest BCUT2D eigenvalue weighted by Crippen LogP contribution is -2.44. The number of carbonyl (C=O) groups excluding carboxylic acids is 1. The van der Waals surface area contributed by atoms with Gasteiger partial charge in [0.05, 0.1) is 19.1 Å². The molecule has 0 aromatic heterocycles. The fourth-order valence-electron chi connectivity index (χ4n) is 2.17. The summed E-state index contributed by atoms with van der Waals surface area (Å²) in [5.41, 5.74) is 0. The van der Waals surface area contributed by atoms with Crippen LogP contribution in [0.2, 0.25) is 0 Å². The molecule has 1 saturated heterocycles. The summed E-state index contributed by atoms with van der Waals surface area (Å²) in [6, 6.07) is 0.727. The third-order valence-electron chi connectivity index (χ3n) is 3.47. The zero-order chi connectivity index (χ0) is 9.97. The van der Waals surface area contributed by atoms with Crippen LogP contribution in [0.4, 0.5) is 0 Å². The molecule has 3 nitrogen and oxygen atoms in total. The Morgan fingerprint density at radius 2 is 2.29 bits per heavy atom. The third kappa shape index (κ3) is 2.15. The van der Waals surface area contributed by atoms with Gasteiger partial charge in [0, 0.05) is 19.0 Å². The van der Waals surface area contributed by atoms with Crippen LogP contribution in [0.1, 0.15) is 25.7 Å². The lowest BCUT2D eigenvalue weighted by molar-refractivity contribution is -0.131. The van der Waals surface area contributed by atoms with Crippen molar-refractivity contribution in [1.82, 2.24) is 4.90 Å². The van der Waals surface area contributed by atoms with Crippen molar-refractivity contribution in [1.29, 1.82) is 0 Å². The molecule has 0 radical (unpaired) electrons. The minimum absolute atomic E-state index is 0.134. The molecule has 0 spiro atoms. The van der Waals surface area contributed by atoms with Gasteiger partial charge in [0.15, 0.2) is 0 Å². The molecule has 1 atom stereocenters. The van der Waals surface area contributed by atoms with E-state index in [-0.39, 0.29) is 5.92 Å². The van der Waals surface area contributed by atoms with Crippen LogP contribution in [0.25, 0.3) is 0 Å². The number of ether oxygens (including phenoxy) is 1. The van der Waals surface area contributed by atoms with Gasteiger partial charge in [-0.15, -0.1) is 0 Å². The molecule has 2 aliphatic rings. The summed E-state index contributed by atoms with van der Waals surface area (Å²) in [7, 11) is 2.13. The van der Waals surface area contributed by atoms with Gasteiger partial charge in [0.1, 0.15) is 5.78 Å². The molecule has 0 amide bonds. The van der Waals surface area contributed by atoms with Crippen LogP contribution >= 0.6 is 0 Å². The topological polar surface area (TPSA) is 29.5 Å². The predicted molar refractivity (Wildman–Crippen MR) is 54.2 cm³/mol. The predicted octanol–water partition coefficient (Wildman–Crippen LogP) is 1.08. The van der Waals surface area contributed by atoms with Gasteiger partial charge in [-0.1, -0.05) is 6.42 Å². The molecule has 0 bridgehead atoms. The Morgan fingerprint density at radius 1 is 1.50 bits per heavy atom. The van der Waals surface area contributed by atoms with Gasteiger partial charge in [-0.05, 0) is 19.9 Å². The van der Waals surface area contributed by atoms with E-state index in [1.165, 1.54) is 19.3 Å². The summed E-state index contributed by atoms with van der Waals surface area (Å²) in [5, 5.41) is 0. The molecule has 3 heteroatoms. The van der Waals surface area contributed by atoms with Crippen LogP contribution in [-0.2, 0) is 9.53 Å². The van der Waals surface area contributed by atoms with E-state index in [4.69, 9.17) is 4.74 Å². The number of hydrogen-bond acceptors (Lipinski definition) is 3. The van der Waals surface area contributed by atoms with Crippen LogP contribution < -0.4 is 0 Å². The molecule has 14 heavy (non-hydrogen) atoms. The summed E-state index contributed by atoms with van der Waals surface area (Å²) < 4.78 is 5.34. The molecule has 0 aromatic carbocycles. The highest BCUT2D eigenvalue weighted by atomic mass is 16.5. The van der Waals surface area contributed by atoms with Gasteiger partial charge in [0.25, 0.3) is 0 Å². The monoisotopic (exact) mass is 197 g/mol. The molecular weight excluding hydrogens is 178 g/mol. The Hall–Kier alpha value is -0.410. The highest BCUT2D eigenvalue weighted by molar-refractivity contribution is 5.82. The number of Topliss-reactive ketones (excluding diaryl/α,β-unsaturated/α-hetero) is 1. The van der Waals surface area contributed by atoms with Gasteiger partial charge in [-0.2, -0.15) is 0 Å². The van der Waals surface area contributed by atoms with E-state index in [9.17, 15) is 4.79 Å². The van der Waals surface area contributed by atoms with E-state index in [2.05, 4.69) is 11.9 Å². The largest absolute Gasteiger partial charge is 0.380 e. The van der Waals surface area contributed by atoms with E-state index in [0.29, 0.717) is 25.4 Å². The minimum atomic E-state index is 0.134. The summed E-state index contributed by atoms with van der Waals surface area (Å²) in [6.07, 6.45) is 4.57.